The lowest BCUT2D eigenvalue weighted by Crippen LogP contribution is -2.60. The molecule has 190 valence electrons. The van der Waals surface area contributed by atoms with E-state index in [1.54, 1.807) is 16.7 Å². The fraction of sp³-hybridized carbons (Fsp3) is 0.727. The fourth-order valence-corrected chi connectivity index (χ4v) is 4.44. The summed E-state index contributed by atoms with van der Waals surface area (Å²) in [6.07, 6.45) is 2.37. The van der Waals surface area contributed by atoms with Crippen LogP contribution >= 0.6 is 11.5 Å². The van der Waals surface area contributed by atoms with Gasteiger partial charge < -0.3 is 15.1 Å². The van der Waals surface area contributed by atoms with Gasteiger partial charge in [-0.05, 0) is 30.3 Å². The maximum absolute atomic E-state index is 13.4. The van der Waals surface area contributed by atoms with Gasteiger partial charge in [-0.3, -0.25) is 24.4 Å². The van der Waals surface area contributed by atoms with Crippen molar-refractivity contribution in [2.24, 2.45) is 11.3 Å². The highest BCUT2D eigenvalue weighted by Gasteiger charge is 2.38. The Morgan fingerprint density at radius 3 is 2.32 bits per heavy atom. The van der Waals surface area contributed by atoms with Crippen LogP contribution in [0.1, 0.15) is 62.3 Å². The second-order valence-electron chi connectivity index (χ2n) is 9.68. The number of hydrogen-bond donors (Lipinski definition) is 2. The number of aryl methyl sites for hydroxylation is 1. The van der Waals surface area contributed by atoms with E-state index >= 15 is 0 Å². The third-order valence-corrected chi connectivity index (χ3v) is 6.75. The molecule has 1 aliphatic rings. The van der Waals surface area contributed by atoms with Crippen LogP contribution in [0.3, 0.4) is 0 Å². The molecule has 1 aliphatic heterocycles. The van der Waals surface area contributed by atoms with E-state index < -0.39 is 17.4 Å². The van der Waals surface area contributed by atoms with Gasteiger partial charge in [0.15, 0.2) is 0 Å². The number of aromatic nitrogens is 2. The summed E-state index contributed by atoms with van der Waals surface area (Å²) in [6, 6.07) is -0.789. The first-order chi connectivity index (χ1) is 16.0. The second kappa shape index (κ2) is 12.2. The van der Waals surface area contributed by atoms with E-state index in [0.717, 1.165) is 24.4 Å². The number of unbranched alkanes of at least 4 members (excludes halogenated alkanes) is 1. The van der Waals surface area contributed by atoms with E-state index in [1.807, 2.05) is 27.7 Å². The van der Waals surface area contributed by atoms with Crippen molar-refractivity contribution in [3.05, 3.63) is 10.6 Å². The lowest BCUT2D eigenvalue weighted by Gasteiger charge is -2.39. The van der Waals surface area contributed by atoms with Gasteiger partial charge in [0, 0.05) is 26.2 Å². The molecule has 1 unspecified atom stereocenters. The zero-order valence-corrected chi connectivity index (χ0v) is 21.4. The molecule has 2 atom stereocenters. The van der Waals surface area contributed by atoms with Crippen molar-refractivity contribution in [3.63, 3.8) is 0 Å². The molecule has 0 bridgehead atoms. The highest BCUT2D eigenvalue weighted by Crippen LogP contribution is 2.24. The predicted molar refractivity (Wildman–Crippen MR) is 126 cm³/mol. The molecule has 11 nitrogen and oxygen atoms in total. The molecule has 4 amide bonds. The van der Waals surface area contributed by atoms with Crippen molar-refractivity contribution in [2.45, 2.75) is 59.9 Å². The Bertz CT molecular complexity index is 862. The maximum Gasteiger partial charge on any atom is 0.267 e. The van der Waals surface area contributed by atoms with Gasteiger partial charge in [-0.2, -0.15) is 0 Å². The number of nitrogens with zero attached hydrogens (tertiary/aromatic N) is 5. The molecule has 34 heavy (non-hydrogen) atoms. The molecule has 0 spiro atoms. The third-order valence-electron chi connectivity index (χ3n) is 5.93. The number of nitrogens with one attached hydrogen (secondary N) is 1. The summed E-state index contributed by atoms with van der Waals surface area (Å²) in [7, 11) is 0. The molecule has 0 aromatic carbocycles. The minimum absolute atomic E-state index is 0.132. The van der Waals surface area contributed by atoms with Crippen molar-refractivity contribution in [3.8, 4) is 0 Å². The van der Waals surface area contributed by atoms with Gasteiger partial charge in [0.2, 0.25) is 18.2 Å². The third kappa shape index (κ3) is 7.20. The molecule has 1 aromatic rings. The molecular weight excluding hydrogens is 460 g/mol. The van der Waals surface area contributed by atoms with E-state index in [9.17, 15) is 24.4 Å². The van der Waals surface area contributed by atoms with Crippen LogP contribution in [0, 0.1) is 18.3 Å². The fourth-order valence-electron chi connectivity index (χ4n) is 3.82. The molecule has 0 aliphatic carbocycles. The van der Waals surface area contributed by atoms with Crippen molar-refractivity contribution in [1.29, 1.82) is 0 Å². The number of rotatable bonds is 10. The standard InChI is InChI=1S/C22H36N6O5S/c1-6-7-8-16(13-28(33)14-29)19(30)23-18(22(3,4)5)21(32)27-11-9-26(10-12-27)20(31)17-15(2)24-25-34-17/h14,16,18,33H,6-13H2,1-5H3,(H,23,30)/t16-,18?/m1/s1. The number of carbonyl (C=O) groups excluding carboxylic acids is 4. The van der Waals surface area contributed by atoms with E-state index in [4.69, 9.17) is 0 Å². The first-order valence-electron chi connectivity index (χ1n) is 11.6. The van der Waals surface area contributed by atoms with Gasteiger partial charge >= 0.3 is 0 Å². The topological polar surface area (TPSA) is 136 Å². The minimum Gasteiger partial charge on any atom is -0.344 e. The normalized spacial score (nSPS) is 16.1. The second-order valence-corrected chi connectivity index (χ2v) is 10.4. The van der Waals surface area contributed by atoms with Gasteiger partial charge in [0.1, 0.15) is 10.9 Å². The Morgan fingerprint density at radius 1 is 1.21 bits per heavy atom. The summed E-state index contributed by atoms with van der Waals surface area (Å²) >= 11 is 1.06. The zero-order chi connectivity index (χ0) is 25.5. The predicted octanol–water partition coefficient (Wildman–Crippen LogP) is 1.32. The van der Waals surface area contributed by atoms with Crippen LogP contribution in [0.25, 0.3) is 0 Å². The molecule has 2 N–H and O–H groups in total. The van der Waals surface area contributed by atoms with Crippen LogP contribution in [0.5, 0.6) is 0 Å². The van der Waals surface area contributed by atoms with Gasteiger partial charge in [-0.15, -0.1) is 5.10 Å². The van der Waals surface area contributed by atoms with Crippen LogP contribution in [-0.4, -0.2) is 92.6 Å². The Morgan fingerprint density at radius 2 is 1.82 bits per heavy atom. The summed E-state index contributed by atoms with van der Waals surface area (Å²) in [5, 5.41) is 16.8. The van der Waals surface area contributed by atoms with Crippen molar-refractivity contribution >= 4 is 35.7 Å². The summed E-state index contributed by atoms with van der Waals surface area (Å²) < 4.78 is 3.82. The van der Waals surface area contributed by atoms with Gasteiger partial charge in [0.25, 0.3) is 5.91 Å². The van der Waals surface area contributed by atoms with E-state index in [2.05, 4.69) is 14.9 Å². The minimum atomic E-state index is -0.789. The highest BCUT2D eigenvalue weighted by molar-refractivity contribution is 7.07. The SMILES string of the molecule is CCCC[C@H](CN(O)C=O)C(=O)NC(C(=O)N1CCN(C(=O)c2snnc2C)CC1)C(C)(C)C. The van der Waals surface area contributed by atoms with E-state index in [-0.39, 0.29) is 30.7 Å². The summed E-state index contributed by atoms with van der Waals surface area (Å²) in [5.74, 6) is -1.35. The number of carbonyl (C=O) groups is 4. The summed E-state index contributed by atoms with van der Waals surface area (Å²) in [5.41, 5.74) is 0.0296. The maximum atomic E-state index is 13.4. The van der Waals surface area contributed by atoms with Crippen LogP contribution in [0.15, 0.2) is 0 Å². The number of piperazine rings is 1. The zero-order valence-electron chi connectivity index (χ0n) is 20.6. The molecule has 0 saturated carbocycles. The summed E-state index contributed by atoms with van der Waals surface area (Å²) in [4.78, 5) is 53.9. The van der Waals surface area contributed by atoms with Crippen molar-refractivity contribution < 1.29 is 24.4 Å². The van der Waals surface area contributed by atoms with Crippen LogP contribution in [-0.2, 0) is 14.4 Å². The lowest BCUT2D eigenvalue weighted by molar-refractivity contribution is -0.155. The first kappa shape index (κ1) is 27.6. The number of hydrogen-bond acceptors (Lipinski definition) is 8. The molecule has 2 rings (SSSR count). The average Bonchev–Trinajstić information content (AvgIpc) is 3.23. The van der Waals surface area contributed by atoms with Crippen molar-refractivity contribution in [1.82, 2.24) is 29.8 Å². The first-order valence-corrected chi connectivity index (χ1v) is 12.3. The van der Waals surface area contributed by atoms with Gasteiger partial charge in [-0.1, -0.05) is 45.0 Å². The molecule has 0 radical (unpaired) electrons. The smallest absolute Gasteiger partial charge is 0.267 e. The Hall–Kier alpha value is -2.60. The Labute approximate surface area is 204 Å². The molecular formula is C22H36N6O5S. The molecule has 12 heteroatoms. The van der Waals surface area contributed by atoms with Crippen LogP contribution in [0.4, 0.5) is 0 Å². The van der Waals surface area contributed by atoms with E-state index in [0.29, 0.717) is 48.2 Å². The Kier molecular flexibility index (Phi) is 9.92. The van der Waals surface area contributed by atoms with Gasteiger partial charge in [0.05, 0.1) is 18.2 Å². The average molecular weight is 497 g/mol. The highest BCUT2D eigenvalue weighted by atomic mass is 32.1. The lowest BCUT2D eigenvalue weighted by atomic mass is 9.85. The van der Waals surface area contributed by atoms with Gasteiger partial charge in [-0.25, -0.2) is 5.06 Å². The Balaban J connectivity index is 2.06. The molecule has 2 heterocycles. The molecule has 1 fully saturated rings. The molecule has 1 saturated heterocycles. The largest absolute Gasteiger partial charge is 0.344 e. The van der Waals surface area contributed by atoms with E-state index in [1.165, 1.54) is 0 Å². The van der Waals surface area contributed by atoms with Crippen LogP contribution in [0.2, 0.25) is 0 Å². The van der Waals surface area contributed by atoms with Crippen LogP contribution < -0.4 is 5.32 Å². The molecule has 1 aromatic heterocycles. The monoisotopic (exact) mass is 496 g/mol. The quantitative estimate of drug-likeness (QED) is 0.283. The van der Waals surface area contributed by atoms with Crippen molar-refractivity contribution in [2.75, 3.05) is 32.7 Å². The number of hydroxylamine groups is 2. The summed E-state index contributed by atoms with van der Waals surface area (Å²) in [6.45, 7) is 10.7. The number of amides is 4.